The molecule has 156 valence electrons. The molecule has 0 radical (unpaired) electrons. The first kappa shape index (κ1) is 20.7. The minimum absolute atomic E-state index is 0.247. The van der Waals surface area contributed by atoms with E-state index in [-0.39, 0.29) is 5.75 Å². The van der Waals surface area contributed by atoms with Gasteiger partial charge in [0.15, 0.2) is 0 Å². The van der Waals surface area contributed by atoms with E-state index in [1.54, 1.807) is 0 Å². The van der Waals surface area contributed by atoms with Gasteiger partial charge >= 0.3 is 0 Å². The Kier molecular flexibility index (Phi) is 6.47. The standard InChI is InChI=1S/C23H28ClNO3S/c24-21-6-1-3-18(14-21)13-20-5-2-4-19-9-10-22(15-23(19)20)28-12-11-25-29(26,27)16-17-7-8-17/h1,3,6,9-10,14-15,17,20,25H,2,4-5,7-8,11-13,16H2. The van der Waals surface area contributed by atoms with E-state index in [2.05, 4.69) is 22.9 Å². The first-order chi connectivity index (χ1) is 14.0. The third-order valence-corrected chi connectivity index (χ3v) is 7.56. The van der Waals surface area contributed by atoms with Crippen LogP contribution in [0.4, 0.5) is 0 Å². The van der Waals surface area contributed by atoms with Gasteiger partial charge in [-0.15, -0.1) is 0 Å². The lowest BCUT2D eigenvalue weighted by Gasteiger charge is -2.26. The van der Waals surface area contributed by atoms with Crippen LogP contribution in [0.3, 0.4) is 0 Å². The van der Waals surface area contributed by atoms with Gasteiger partial charge in [0.2, 0.25) is 10.0 Å². The number of sulfonamides is 1. The van der Waals surface area contributed by atoms with E-state index in [0.29, 0.717) is 25.0 Å². The van der Waals surface area contributed by atoms with Crippen molar-refractivity contribution in [1.29, 1.82) is 0 Å². The molecule has 0 amide bonds. The summed E-state index contributed by atoms with van der Waals surface area (Å²) in [6.07, 6.45) is 6.48. The van der Waals surface area contributed by atoms with Gasteiger partial charge in [0.05, 0.1) is 5.75 Å². The first-order valence-electron chi connectivity index (χ1n) is 10.5. The van der Waals surface area contributed by atoms with Gasteiger partial charge in [-0.1, -0.05) is 29.8 Å². The molecule has 4 rings (SSSR count). The number of nitrogens with one attached hydrogen (secondary N) is 1. The number of ether oxygens (including phenoxy) is 1. The number of hydrogen-bond acceptors (Lipinski definition) is 3. The van der Waals surface area contributed by atoms with E-state index in [1.807, 2.05) is 24.3 Å². The fourth-order valence-corrected chi connectivity index (χ4v) is 5.82. The van der Waals surface area contributed by atoms with Crippen molar-refractivity contribution in [2.75, 3.05) is 18.9 Å². The Morgan fingerprint density at radius 1 is 1.10 bits per heavy atom. The van der Waals surface area contributed by atoms with E-state index in [1.165, 1.54) is 23.1 Å². The quantitative estimate of drug-likeness (QED) is 0.582. The van der Waals surface area contributed by atoms with Crippen LogP contribution in [0.5, 0.6) is 5.75 Å². The summed E-state index contributed by atoms with van der Waals surface area (Å²) < 4.78 is 32.4. The second-order valence-electron chi connectivity index (χ2n) is 8.25. The SMILES string of the molecule is O=S(=O)(CC1CC1)NCCOc1ccc2c(c1)C(Cc1cccc(Cl)c1)CCC2. The van der Waals surface area contributed by atoms with Crippen LogP contribution in [0, 0.1) is 5.92 Å². The Morgan fingerprint density at radius 3 is 2.76 bits per heavy atom. The zero-order valence-corrected chi connectivity index (χ0v) is 18.1. The molecule has 0 aliphatic heterocycles. The van der Waals surface area contributed by atoms with Crippen LogP contribution in [-0.4, -0.2) is 27.3 Å². The topological polar surface area (TPSA) is 55.4 Å². The largest absolute Gasteiger partial charge is 0.492 e. The van der Waals surface area contributed by atoms with E-state index in [4.69, 9.17) is 16.3 Å². The molecule has 1 fully saturated rings. The van der Waals surface area contributed by atoms with Crippen LogP contribution < -0.4 is 9.46 Å². The zero-order valence-electron chi connectivity index (χ0n) is 16.6. The molecule has 1 saturated carbocycles. The number of rotatable bonds is 9. The van der Waals surface area contributed by atoms with E-state index >= 15 is 0 Å². The predicted molar refractivity (Wildman–Crippen MR) is 117 cm³/mol. The number of halogens is 1. The van der Waals surface area contributed by atoms with Gasteiger partial charge in [0.1, 0.15) is 12.4 Å². The average Bonchev–Trinajstić information content (AvgIpc) is 3.49. The molecular weight excluding hydrogens is 406 g/mol. The van der Waals surface area contributed by atoms with Crippen LogP contribution in [-0.2, 0) is 22.9 Å². The molecule has 0 saturated heterocycles. The van der Waals surface area contributed by atoms with Crippen molar-refractivity contribution in [2.24, 2.45) is 5.92 Å². The molecule has 4 nitrogen and oxygen atoms in total. The molecule has 1 unspecified atom stereocenters. The van der Waals surface area contributed by atoms with Crippen molar-refractivity contribution in [2.45, 2.75) is 44.4 Å². The molecule has 29 heavy (non-hydrogen) atoms. The van der Waals surface area contributed by atoms with Crippen molar-refractivity contribution in [3.05, 3.63) is 64.2 Å². The van der Waals surface area contributed by atoms with Gasteiger partial charge in [0, 0.05) is 11.6 Å². The van der Waals surface area contributed by atoms with E-state index < -0.39 is 10.0 Å². The van der Waals surface area contributed by atoms with Crippen LogP contribution in [0.2, 0.25) is 5.02 Å². The van der Waals surface area contributed by atoms with Gasteiger partial charge in [0.25, 0.3) is 0 Å². The van der Waals surface area contributed by atoms with Gasteiger partial charge in [-0.2, -0.15) is 0 Å². The highest BCUT2D eigenvalue weighted by atomic mass is 35.5. The predicted octanol–water partition coefficient (Wildman–Crippen LogP) is 4.71. The lowest BCUT2D eigenvalue weighted by molar-refractivity contribution is 0.321. The Hall–Kier alpha value is -1.56. The first-order valence-corrected chi connectivity index (χ1v) is 12.5. The van der Waals surface area contributed by atoms with Crippen molar-refractivity contribution in [3.63, 3.8) is 0 Å². The van der Waals surface area contributed by atoms with E-state index in [9.17, 15) is 8.42 Å². The number of aryl methyl sites for hydroxylation is 1. The third kappa shape index (κ3) is 5.97. The highest BCUT2D eigenvalue weighted by molar-refractivity contribution is 7.89. The lowest BCUT2D eigenvalue weighted by atomic mass is 9.79. The summed E-state index contributed by atoms with van der Waals surface area (Å²) in [7, 11) is -3.17. The molecule has 0 aromatic heterocycles. The zero-order chi connectivity index (χ0) is 20.3. The summed E-state index contributed by atoms with van der Waals surface area (Å²) in [5.74, 6) is 1.86. The summed E-state index contributed by atoms with van der Waals surface area (Å²) in [4.78, 5) is 0. The van der Waals surface area contributed by atoms with Crippen LogP contribution in [0.15, 0.2) is 42.5 Å². The van der Waals surface area contributed by atoms with Crippen molar-refractivity contribution in [1.82, 2.24) is 4.72 Å². The summed E-state index contributed by atoms with van der Waals surface area (Å²) in [5, 5.41) is 0.778. The molecule has 6 heteroatoms. The van der Waals surface area contributed by atoms with Gasteiger partial charge in [-0.05, 0) is 91.3 Å². The van der Waals surface area contributed by atoms with Crippen LogP contribution in [0.1, 0.15) is 48.3 Å². The minimum atomic E-state index is -3.17. The van der Waals surface area contributed by atoms with Crippen molar-refractivity contribution in [3.8, 4) is 5.75 Å². The number of hydrogen-bond donors (Lipinski definition) is 1. The van der Waals surface area contributed by atoms with Crippen molar-refractivity contribution < 1.29 is 13.2 Å². The third-order valence-electron chi connectivity index (χ3n) is 5.77. The molecule has 1 atom stereocenters. The molecule has 2 aromatic carbocycles. The second kappa shape index (κ2) is 9.07. The minimum Gasteiger partial charge on any atom is -0.492 e. The maximum absolute atomic E-state index is 11.9. The smallest absolute Gasteiger partial charge is 0.211 e. The molecule has 0 heterocycles. The fraction of sp³-hybridized carbons (Fsp3) is 0.478. The Morgan fingerprint density at radius 2 is 1.97 bits per heavy atom. The number of benzene rings is 2. The maximum Gasteiger partial charge on any atom is 0.211 e. The van der Waals surface area contributed by atoms with Gasteiger partial charge in [-0.25, -0.2) is 13.1 Å². The molecule has 2 aliphatic rings. The Balaban J connectivity index is 1.36. The molecule has 2 aliphatic carbocycles. The fourth-order valence-electron chi connectivity index (χ4n) is 4.15. The summed E-state index contributed by atoms with van der Waals surface area (Å²) in [6, 6.07) is 14.4. The lowest BCUT2D eigenvalue weighted by Crippen LogP contribution is -2.31. The monoisotopic (exact) mass is 433 g/mol. The van der Waals surface area contributed by atoms with Gasteiger partial charge < -0.3 is 4.74 Å². The molecule has 0 bridgehead atoms. The Labute approximate surface area is 178 Å². The highest BCUT2D eigenvalue weighted by Crippen LogP contribution is 2.36. The molecule has 0 spiro atoms. The molecular formula is C23H28ClNO3S. The summed E-state index contributed by atoms with van der Waals surface area (Å²) in [6.45, 7) is 0.639. The van der Waals surface area contributed by atoms with Gasteiger partial charge in [-0.3, -0.25) is 0 Å². The molecule has 2 aromatic rings. The van der Waals surface area contributed by atoms with Crippen LogP contribution in [0.25, 0.3) is 0 Å². The second-order valence-corrected chi connectivity index (χ2v) is 10.5. The summed E-state index contributed by atoms with van der Waals surface area (Å²) in [5.41, 5.74) is 4.00. The highest BCUT2D eigenvalue weighted by Gasteiger charge is 2.27. The Bertz CT molecular complexity index is 956. The number of fused-ring (bicyclic) bond motifs is 1. The molecule has 1 N–H and O–H groups in total. The summed E-state index contributed by atoms with van der Waals surface area (Å²) >= 11 is 6.15. The normalized spacial score (nSPS) is 19.0. The van der Waals surface area contributed by atoms with Crippen LogP contribution >= 0.6 is 11.6 Å². The van der Waals surface area contributed by atoms with Crippen molar-refractivity contribution >= 4 is 21.6 Å². The maximum atomic E-state index is 11.9. The van der Waals surface area contributed by atoms with E-state index in [0.717, 1.165) is 42.9 Å². The average molecular weight is 434 g/mol.